The number of benzene rings is 1. The first-order valence-corrected chi connectivity index (χ1v) is 6.86. The maximum atomic E-state index is 11.5. The molecule has 1 aromatic carbocycles. The predicted octanol–water partition coefficient (Wildman–Crippen LogP) is 4.25. The van der Waals surface area contributed by atoms with Crippen LogP contribution in [0.2, 0.25) is 5.02 Å². The lowest BCUT2D eigenvalue weighted by Gasteiger charge is -2.06. The number of ether oxygens (including phenoxy) is 1. The molecule has 0 saturated carbocycles. The van der Waals surface area contributed by atoms with Gasteiger partial charge in [0.05, 0.1) is 13.0 Å². The third-order valence-corrected chi connectivity index (χ3v) is 2.95. The van der Waals surface area contributed by atoms with Gasteiger partial charge in [-0.1, -0.05) is 44.0 Å². The van der Waals surface area contributed by atoms with Gasteiger partial charge in [0.15, 0.2) is 0 Å². The van der Waals surface area contributed by atoms with Crippen LogP contribution < -0.4 is 0 Å². The van der Waals surface area contributed by atoms with E-state index >= 15 is 0 Å². The first-order chi connectivity index (χ1) is 8.58. The van der Waals surface area contributed by atoms with Crippen LogP contribution in [0.4, 0.5) is 0 Å². The smallest absolute Gasteiger partial charge is 0.310 e. The average Bonchev–Trinajstić information content (AvgIpc) is 2.31. The number of esters is 1. The van der Waals surface area contributed by atoms with E-state index in [9.17, 15) is 4.79 Å². The van der Waals surface area contributed by atoms with Crippen LogP contribution >= 0.6 is 11.6 Å². The van der Waals surface area contributed by atoms with Gasteiger partial charge in [-0.25, -0.2) is 0 Å². The van der Waals surface area contributed by atoms with Crippen molar-refractivity contribution < 1.29 is 9.53 Å². The van der Waals surface area contributed by atoms with Crippen molar-refractivity contribution in [3.05, 3.63) is 34.9 Å². The Bertz CT molecular complexity index is 357. The minimum atomic E-state index is -0.165. The topological polar surface area (TPSA) is 26.3 Å². The van der Waals surface area contributed by atoms with Crippen molar-refractivity contribution in [2.75, 3.05) is 6.61 Å². The summed E-state index contributed by atoms with van der Waals surface area (Å²) < 4.78 is 5.19. The highest BCUT2D eigenvalue weighted by atomic mass is 35.5. The first kappa shape index (κ1) is 15.0. The highest BCUT2D eigenvalue weighted by Gasteiger charge is 2.04. The van der Waals surface area contributed by atoms with E-state index in [-0.39, 0.29) is 5.97 Å². The summed E-state index contributed by atoms with van der Waals surface area (Å²) in [7, 11) is 0. The molecule has 0 aliphatic carbocycles. The molecule has 1 rings (SSSR count). The normalized spacial score (nSPS) is 10.7. The number of hydrogen-bond donors (Lipinski definition) is 0. The lowest BCUT2D eigenvalue weighted by atomic mass is 10.1. The molecule has 0 heterocycles. The monoisotopic (exact) mass is 268 g/mol. The van der Waals surface area contributed by atoms with Gasteiger partial charge < -0.3 is 4.74 Å². The molecule has 100 valence electrons. The van der Waals surface area contributed by atoms with E-state index in [4.69, 9.17) is 16.3 Å². The van der Waals surface area contributed by atoms with Gasteiger partial charge in [-0.2, -0.15) is 0 Å². The van der Waals surface area contributed by atoms with Gasteiger partial charge in [-0.3, -0.25) is 4.79 Å². The summed E-state index contributed by atoms with van der Waals surface area (Å²) in [5, 5.41) is 0.681. The summed E-state index contributed by atoms with van der Waals surface area (Å²) in [4.78, 5) is 11.5. The van der Waals surface area contributed by atoms with Crippen LogP contribution in [0.1, 0.15) is 38.7 Å². The van der Waals surface area contributed by atoms with Crippen LogP contribution in [0, 0.1) is 5.92 Å². The Hall–Kier alpha value is -1.02. The molecule has 2 nitrogen and oxygen atoms in total. The van der Waals surface area contributed by atoms with Crippen molar-refractivity contribution in [1.82, 2.24) is 0 Å². The van der Waals surface area contributed by atoms with E-state index < -0.39 is 0 Å². The second-order valence-corrected chi connectivity index (χ2v) is 5.35. The highest BCUT2D eigenvalue weighted by molar-refractivity contribution is 6.30. The zero-order chi connectivity index (χ0) is 13.4. The molecule has 0 unspecified atom stereocenters. The molecule has 0 saturated heterocycles. The van der Waals surface area contributed by atoms with Gasteiger partial charge in [0, 0.05) is 5.02 Å². The van der Waals surface area contributed by atoms with Crippen molar-refractivity contribution in [3.8, 4) is 0 Å². The highest BCUT2D eigenvalue weighted by Crippen LogP contribution is 2.10. The molecule has 0 radical (unpaired) electrons. The van der Waals surface area contributed by atoms with Crippen LogP contribution in [-0.2, 0) is 16.0 Å². The molecule has 0 N–H and O–H groups in total. The average molecular weight is 269 g/mol. The van der Waals surface area contributed by atoms with Crippen molar-refractivity contribution >= 4 is 17.6 Å². The number of carbonyl (C=O) groups excluding carboxylic acids is 1. The Morgan fingerprint density at radius 1 is 1.22 bits per heavy atom. The van der Waals surface area contributed by atoms with E-state index in [1.165, 1.54) is 6.42 Å². The van der Waals surface area contributed by atoms with E-state index in [0.717, 1.165) is 24.3 Å². The molecule has 3 heteroatoms. The molecular weight excluding hydrogens is 248 g/mol. The standard InChI is InChI=1S/C15H21ClO2/c1-12(2)5-3-4-10-18-15(17)11-13-6-8-14(16)9-7-13/h6-9,12H,3-5,10-11H2,1-2H3. The van der Waals surface area contributed by atoms with Crippen molar-refractivity contribution in [3.63, 3.8) is 0 Å². The Morgan fingerprint density at radius 2 is 1.89 bits per heavy atom. The van der Waals surface area contributed by atoms with E-state index in [0.29, 0.717) is 18.1 Å². The van der Waals surface area contributed by atoms with E-state index in [1.54, 1.807) is 12.1 Å². The molecule has 0 bridgehead atoms. The van der Waals surface area contributed by atoms with Crippen LogP contribution in [0.15, 0.2) is 24.3 Å². The molecule has 0 amide bonds. The summed E-state index contributed by atoms with van der Waals surface area (Å²) in [6, 6.07) is 7.27. The fourth-order valence-corrected chi connectivity index (χ4v) is 1.79. The lowest BCUT2D eigenvalue weighted by molar-refractivity contribution is -0.142. The summed E-state index contributed by atoms with van der Waals surface area (Å²) >= 11 is 5.78. The third kappa shape index (κ3) is 6.65. The largest absolute Gasteiger partial charge is 0.465 e. The minimum absolute atomic E-state index is 0.165. The molecule has 0 spiro atoms. The fraction of sp³-hybridized carbons (Fsp3) is 0.533. The van der Waals surface area contributed by atoms with Gasteiger partial charge >= 0.3 is 5.97 Å². The minimum Gasteiger partial charge on any atom is -0.465 e. The van der Waals surface area contributed by atoms with Gasteiger partial charge in [0.2, 0.25) is 0 Å². The third-order valence-electron chi connectivity index (χ3n) is 2.70. The number of rotatable bonds is 7. The Labute approximate surface area is 114 Å². The zero-order valence-electron chi connectivity index (χ0n) is 11.1. The molecule has 0 aliphatic heterocycles. The number of carbonyl (C=O) groups is 1. The van der Waals surface area contributed by atoms with Crippen molar-refractivity contribution in [2.24, 2.45) is 5.92 Å². The molecule has 0 atom stereocenters. The number of halogens is 1. The number of unbranched alkanes of at least 4 members (excludes halogenated alkanes) is 1. The van der Waals surface area contributed by atoms with E-state index in [1.807, 2.05) is 12.1 Å². The molecule has 0 aliphatic rings. The summed E-state index contributed by atoms with van der Waals surface area (Å²) in [6.45, 7) is 4.93. The van der Waals surface area contributed by atoms with Crippen LogP contribution in [0.5, 0.6) is 0 Å². The summed E-state index contributed by atoms with van der Waals surface area (Å²) in [6.07, 6.45) is 3.58. The van der Waals surface area contributed by atoms with Crippen LogP contribution in [0.25, 0.3) is 0 Å². The molecule has 18 heavy (non-hydrogen) atoms. The fourth-order valence-electron chi connectivity index (χ4n) is 1.66. The quantitative estimate of drug-likeness (QED) is 0.546. The Morgan fingerprint density at radius 3 is 2.50 bits per heavy atom. The van der Waals surface area contributed by atoms with Crippen LogP contribution in [0.3, 0.4) is 0 Å². The Kier molecular flexibility index (Phi) is 6.81. The molecular formula is C15H21ClO2. The molecule has 1 aromatic rings. The SMILES string of the molecule is CC(C)CCCCOC(=O)Cc1ccc(Cl)cc1. The second kappa shape index (κ2) is 8.15. The van der Waals surface area contributed by atoms with Gasteiger partial charge in [0.1, 0.15) is 0 Å². The lowest BCUT2D eigenvalue weighted by Crippen LogP contribution is -2.09. The second-order valence-electron chi connectivity index (χ2n) is 4.91. The molecule has 0 fully saturated rings. The van der Waals surface area contributed by atoms with Crippen molar-refractivity contribution in [1.29, 1.82) is 0 Å². The maximum absolute atomic E-state index is 11.5. The van der Waals surface area contributed by atoms with Gasteiger partial charge in [0.25, 0.3) is 0 Å². The maximum Gasteiger partial charge on any atom is 0.310 e. The predicted molar refractivity (Wildman–Crippen MR) is 74.8 cm³/mol. The van der Waals surface area contributed by atoms with Crippen molar-refractivity contribution in [2.45, 2.75) is 39.5 Å². The number of hydrogen-bond acceptors (Lipinski definition) is 2. The summed E-state index contributed by atoms with van der Waals surface area (Å²) in [5.41, 5.74) is 0.937. The summed E-state index contributed by atoms with van der Waals surface area (Å²) in [5.74, 6) is 0.552. The Balaban J connectivity index is 2.16. The zero-order valence-corrected chi connectivity index (χ0v) is 11.9. The first-order valence-electron chi connectivity index (χ1n) is 6.48. The molecule has 0 aromatic heterocycles. The van der Waals surface area contributed by atoms with Gasteiger partial charge in [-0.05, 0) is 36.5 Å². The van der Waals surface area contributed by atoms with Gasteiger partial charge in [-0.15, -0.1) is 0 Å². The van der Waals surface area contributed by atoms with Crippen LogP contribution in [-0.4, -0.2) is 12.6 Å². The van der Waals surface area contributed by atoms with E-state index in [2.05, 4.69) is 13.8 Å².